The third kappa shape index (κ3) is 3.15. The number of nitrogens with two attached hydrogens (primary N) is 1. The van der Waals surface area contributed by atoms with Gasteiger partial charge in [0, 0.05) is 6.54 Å². The molecule has 0 spiro atoms. The van der Waals surface area contributed by atoms with Gasteiger partial charge < -0.3 is 26.3 Å². The number of carboxylic acid groups (broad SMARTS) is 1. The highest BCUT2D eigenvalue weighted by Gasteiger charge is 2.24. The Balaban J connectivity index is 2.81. The van der Waals surface area contributed by atoms with Gasteiger partial charge in [-0.1, -0.05) is 0 Å². The van der Waals surface area contributed by atoms with Crippen LogP contribution in [-0.4, -0.2) is 38.4 Å². The molecule has 4 N–H and O–H groups in total. The number of hydrogen-bond donors (Lipinski definition) is 3. The van der Waals surface area contributed by atoms with Gasteiger partial charge in [-0.3, -0.25) is 4.79 Å². The third-order valence-corrected chi connectivity index (χ3v) is 1.80. The van der Waals surface area contributed by atoms with Crippen molar-refractivity contribution in [3.05, 3.63) is 21.9 Å². The van der Waals surface area contributed by atoms with E-state index < -0.39 is 22.7 Å². The summed E-state index contributed by atoms with van der Waals surface area (Å²) < 4.78 is 1.08. The number of primary amides is 1. The number of rotatable bonds is 5. The van der Waals surface area contributed by atoms with E-state index >= 15 is 0 Å². The predicted molar refractivity (Wildman–Crippen MR) is 53.4 cm³/mol. The Kier molecular flexibility index (Phi) is 3.59. The Morgan fingerprint density at radius 3 is 2.71 bits per heavy atom. The SMILES string of the molecule is NC(=O)c1cn(CCNC(=O)O)nc1[N+](=O)[O-]. The Morgan fingerprint density at radius 1 is 1.65 bits per heavy atom. The predicted octanol–water partition coefficient (Wildman–Crippen LogP) is -0.842. The molecule has 0 unspecified atom stereocenters. The molecule has 2 amide bonds. The summed E-state index contributed by atoms with van der Waals surface area (Å²) >= 11 is 0. The number of nitro groups is 1. The van der Waals surface area contributed by atoms with E-state index in [1.807, 2.05) is 0 Å². The molecule has 92 valence electrons. The molecular weight excluding hydrogens is 234 g/mol. The molecule has 0 aliphatic rings. The zero-order chi connectivity index (χ0) is 13.0. The van der Waals surface area contributed by atoms with Gasteiger partial charge in [0.25, 0.3) is 5.91 Å². The van der Waals surface area contributed by atoms with Crippen molar-refractivity contribution in [3.8, 4) is 0 Å². The summed E-state index contributed by atoms with van der Waals surface area (Å²) in [7, 11) is 0. The summed E-state index contributed by atoms with van der Waals surface area (Å²) in [5, 5.41) is 24.4. The minimum absolute atomic E-state index is 0.00632. The van der Waals surface area contributed by atoms with Crippen LogP contribution < -0.4 is 11.1 Å². The summed E-state index contributed by atoms with van der Waals surface area (Å²) in [6, 6.07) is 0. The van der Waals surface area contributed by atoms with Gasteiger partial charge in [-0.15, -0.1) is 0 Å². The van der Waals surface area contributed by atoms with Crippen LogP contribution in [0, 0.1) is 10.1 Å². The smallest absolute Gasteiger partial charge is 0.404 e. The summed E-state index contributed by atoms with van der Waals surface area (Å²) in [6.45, 7) is 0.0623. The van der Waals surface area contributed by atoms with E-state index in [0.29, 0.717) is 0 Å². The van der Waals surface area contributed by atoms with Crippen molar-refractivity contribution in [2.75, 3.05) is 6.54 Å². The molecule has 10 nitrogen and oxygen atoms in total. The maximum Gasteiger partial charge on any atom is 0.404 e. The maximum absolute atomic E-state index is 10.9. The largest absolute Gasteiger partial charge is 0.465 e. The second-order valence-electron chi connectivity index (χ2n) is 2.98. The molecular formula is C7H9N5O5. The van der Waals surface area contributed by atoms with Crippen molar-refractivity contribution in [2.45, 2.75) is 6.54 Å². The first-order valence-corrected chi connectivity index (χ1v) is 4.40. The summed E-state index contributed by atoms with van der Waals surface area (Å²) in [5.74, 6) is -1.61. The van der Waals surface area contributed by atoms with Gasteiger partial charge in [0.15, 0.2) is 5.56 Å². The van der Waals surface area contributed by atoms with Crippen LogP contribution in [0.15, 0.2) is 6.20 Å². The molecule has 0 aromatic carbocycles. The minimum atomic E-state index is -1.22. The van der Waals surface area contributed by atoms with Crippen molar-refractivity contribution in [3.63, 3.8) is 0 Å². The average Bonchev–Trinajstić information content (AvgIpc) is 2.61. The number of amides is 2. The van der Waals surface area contributed by atoms with Gasteiger partial charge in [-0.25, -0.2) is 4.79 Å². The van der Waals surface area contributed by atoms with Gasteiger partial charge in [0.05, 0.1) is 17.8 Å². The van der Waals surface area contributed by atoms with Crippen LogP contribution >= 0.6 is 0 Å². The Bertz CT molecular complexity index is 436. The second-order valence-corrected chi connectivity index (χ2v) is 2.98. The molecule has 10 heteroatoms. The van der Waals surface area contributed by atoms with E-state index in [2.05, 4.69) is 10.4 Å². The number of aromatic nitrogens is 2. The highest BCUT2D eigenvalue weighted by Crippen LogP contribution is 2.14. The van der Waals surface area contributed by atoms with Crippen LogP contribution in [-0.2, 0) is 6.54 Å². The Labute approximate surface area is 94.2 Å². The molecule has 0 atom stereocenters. The lowest BCUT2D eigenvalue weighted by Crippen LogP contribution is -2.25. The maximum atomic E-state index is 10.9. The number of carbonyl (C=O) groups is 2. The van der Waals surface area contributed by atoms with Crippen molar-refractivity contribution < 1.29 is 19.6 Å². The molecule has 1 heterocycles. The minimum Gasteiger partial charge on any atom is -0.465 e. The molecule has 0 fully saturated rings. The molecule has 1 aromatic rings. The summed E-state index contributed by atoms with van der Waals surface area (Å²) in [4.78, 5) is 30.7. The lowest BCUT2D eigenvalue weighted by molar-refractivity contribution is -0.390. The van der Waals surface area contributed by atoms with Gasteiger partial charge >= 0.3 is 11.9 Å². The van der Waals surface area contributed by atoms with Crippen LogP contribution in [0.25, 0.3) is 0 Å². The average molecular weight is 243 g/mol. The first-order chi connectivity index (χ1) is 7.91. The highest BCUT2D eigenvalue weighted by atomic mass is 16.6. The van der Waals surface area contributed by atoms with E-state index in [1.165, 1.54) is 0 Å². The number of hydrogen-bond acceptors (Lipinski definition) is 5. The fraction of sp³-hybridized carbons (Fsp3) is 0.286. The highest BCUT2D eigenvalue weighted by molar-refractivity contribution is 5.95. The van der Waals surface area contributed by atoms with Gasteiger partial charge in [0.1, 0.15) is 0 Å². The van der Waals surface area contributed by atoms with Crippen LogP contribution in [0.5, 0.6) is 0 Å². The van der Waals surface area contributed by atoms with Crippen LogP contribution in [0.2, 0.25) is 0 Å². The molecule has 0 saturated carbocycles. The third-order valence-electron chi connectivity index (χ3n) is 1.80. The number of nitrogens with one attached hydrogen (secondary N) is 1. The lowest BCUT2D eigenvalue weighted by atomic mass is 10.3. The molecule has 0 bridgehead atoms. The molecule has 0 saturated heterocycles. The van der Waals surface area contributed by atoms with E-state index in [-0.39, 0.29) is 18.7 Å². The lowest BCUT2D eigenvalue weighted by Gasteiger charge is -1.96. The first-order valence-electron chi connectivity index (χ1n) is 4.40. The van der Waals surface area contributed by atoms with Crippen molar-refractivity contribution in [1.29, 1.82) is 0 Å². The van der Waals surface area contributed by atoms with Crippen LogP contribution in [0.3, 0.4) is 0 Å². The molecule has 1 rings (SSSR count). The molecule has 0 aliphatic heterocycles. The number of carbonyl (C=O) groups excluding carboxylic acids is 1. The molecule has 17 heavy (non-hydrogen) atoms. The first kappa shape index (κ1) is 12.4. The van der Waals surface area contributed by atoms with E-state index in [0.717, 1.165) is 10.9 Å². The fourth-order valence-electron chi connectivity index (χ4n) is 1.11. The zero-order valence-corrected chi connectivity index (χ0v) is 8.49. The Morgan fingerprint density at radius 2 is 2.29 bits per heavy atom. The van der Waals surface area contributed by atoms with Crippen LogP contribution in [0.1, 0.15) is 10.4 Å². The van der Waals surface area contributed by atoms with E-state index in [4.69, 9.17) is 10.8 Å². The van der Waals surface area contributed by atoms with Crippen molar-refractivity contribution >= 4 is 17.8 Å². The van der Waals surface area contributed by atoms with E-state index in [1.54, 1.807) is 0 Å². The standard InChI is InChI=1S/C7H9N5O5/c8-5(13)4-3-11(2-1-9-7(14)15)10-6(4)12(16)17/h3,9H,1-2H2,(H2,8,13)(H,14,15). The molecule has 0 aliphatic carbocycles. The topological polar surface area (TPSA) is 153 Å². The van der Waals surface area contributed by atoms with Crippen molar-refractivity contribution in [1.82, 2.24) is 15.1 Å². The number of nitrogens with zero attached hydrogens (tertiary/aromatic N) is 3. The quantitative estimate of drug-likeness (QED) is 0.452. The molecule has 1 aromatic heterocycles. The molecule has 0 radical (unpaired) electrons. The van der Waals surface area contributed by atoms with Gasteiger partial charge in [-0.05, 0) is 4.92 Å². The normalized spacial score (nSPS) is 9.88. The monoisotopic (exact) mass is 243 g/mol. The summed E-state index contributed by atoms with van der Waals surface area (Å²) in [6.07, 6.45) is -0.119. The van der Waals surface area contributed by atoms with Gasteiger partial charge in [0.2, 0.25) is 0 Å². The second kappa shape index (κ2) is 4.92. The zero-order valence-electron chi connectivity index (χ0n) is 8.49. The van der Waals surface area contributed by atoms with Crippen molar-refractivity contribution in [2.24, 2.45) is 5.73 Å². The fourth-order valence-corrected chi connectivity index (χ4v) is 1.11. The van der Waals surface area contributed by atoms with Gasteiger partial charge in [-0.2, -0.15) is 4.68 Å². The Hall–Kier alpha value is -2.65. The summed E-state index contributed by atoms with van der Waals surface area (Å²) in [5.41, 5.74) is 4.62. The van der Waals surface area contributed by atoms with E-state index in [9.17, 15) is 19.7 Å². The van der Waals surface area contributed by atoms with Crippen LogP contribution in [0.4, 0.5) is 10.6 Å².